The summed E-state index contributed by atoms with van der Waals surface area (Å²) in [5.41, 5.74) is 5.38. The molecule has 2 N–H and O–H groups in total. The van der Waals surface area contributed by atoms with E-state index in [1.54, 1.807) is 6.20 Å². The second-order valence-electron chi connectivity index (χ2n) is 6.43. The highest BCUT2D eigenvalue weighted by Crippen LogP contribution is 2.22. The predicted molar refractivity (Wildman–Crippen MR) is 107 cm³/mol. The minimum Gasteiger partial charge on any atom is -0.308 e. The predicted octanol–water partition coefficient (Wildman–Crippen LogP) is 4.66. The molecule has 134 valence electrons. The van der Waals surface area contributed by atoms with Gasteiger partial charge in [-0.2, -0.15) is 0 Å². The topological polar surface area (TPSA) is 71.3 Å². The number of anilines is 2. The number of imidazole rings is 1. The molecule has 4 aromatic rings. The highest BCUT2D eigenvalue weighted by molar-refractivity contribution is 6.00. The van der Waals surface area contributed by atoms with Crippen LogP contribution >= 0.6 is 0 Å². The molecule has 4 rings (SSSR count). The summed E-state index contributed by atoms with van der Waals surface area (Å²) in [6, 6.07) is 15.1. The van der Waals surface area contributed by atoms with Gasteiger partial charge in [-0.1, -0.05) is 29.8 Å². The third-order valence-electron chi connectivity index (χ3n) is 4.28. The van der Waals surface area contributed by atoms with Crippen molar-refractivity contribution >= 4 is 23.2 Å². The Morgan fingerprint density at radius 1 is 1.04 bits per heavy atom. The summed E-state index contributed by atoms with van der Waals surface area (Å²) in [6.07, 6.45) is 5.52. The molecule has 2 aromatic heterocycles. The van der Waals surface area contributed by atoms with E-state index in [9.17, 15) is 4.79 Å². The molecule has 0 bridgehead atoms. The second kappa shape index (κ2) is 6.92. The van der Waals surface area contributed by atoms with Crippen LogP contribution in [0.3, 0.4) is 0 Å². The van der Waals surface area contributed by atoms with Crippen LogP contribution in [0.15, 0.2) is 67.1 Å². The summed E-state index contributed by atoms with van der Waals surface area (Å²) in [7, 11) is 0. The van der Waals surface area contributed by atoms with E-state index in [0.29, 0.717) is 11.5 Å². The molecule has 2 heterocycles. The van der Waals surface area contributed by atoms with Crippen LogP contribution in [-0.4, -0.2) is 20.4 Å². The van der Waals surface area contributed by atoms with Gasteiger partial charge in [-0.25, -0.2) is 14.8 Å². The Morgan fingerprint density at radius 2 is 1.93 bits per heavy atom. The fourth-order valence-corrected chi connectivity index (χ4v) is 2.96. The first-order chi connectivity index (χ1) is 13.1. The van der Waals surface area contributed by atoms with E-state index >= 15 is 0 Å². The monoisotopic (exact) mass is 357 g/mol. The molecule has 27 heavy (non-hydrogen) atoms. The molecule has 0 aliphatic heterocycles. The number of hydrogen-bond acceptors (Lipinski definition) is 3. The van der Waals surface area contributed by atoms with Crippen LogP contribution in [-0.2, 0) is 0 Å². The Hall–Kier alpha value is -3.67. The zero-order valence-electron chi connectivity index (χ0n) is 15.1. The SMILES string of the molecule is Cc1ccc(NC(=O)Nc2cccc(-c3cn4cccnc4n3)c2)c(C)c1. The standard InChI is InChI=1S/C21H19N5O/c1-14-7-8-18(15(2)11-14)25-21(27)23-17-6-3-5-16(12-17)19-13-26-10-4-9-22-20(26)24-19/h3-13H,1-2H3,(H2,23,25,27). The van der Waals surface area contributed by atoms with Crippen LogP contribution in [0.4, 0.5) is 16.2 Å². The zero-order chi connectivity index (χ0) is 18.8. The number of nitrogens with one attached hydrogen (secondary N) is 2. The van der Waals surface area contributed by atoms with E-state index in [-0.39, 0.29) is 6.03 Å². The van der Waals surface area contributed by atoms with Gasteiger partial charge in [0, 0.05) is 35.5 Å². The van der Waals surface area contributed by atoms with Crippen LogP contribution in [0, 0.1) is 13.8 Å². The van der Waals surface area contributed by atoms with Crippen LogP contribution < -0.4 is 10.6 Å². The first kappa shape index (κ1) is 16.8. The number of rotatable bonds is 3. The molecular formula is C21H19N5O. The quantitative estimate of drug-likeness (QED) is 0.560. The molecular weight excluding hydrogens is 338 g/mol. The highest BCUT2D eigenvalue weighted by atomic mass is 16.2. The van der Waals surface area contributed by atoms with Crippen molar-refractivity contribution in [3.05, 3.63) is 78.2 Å². The van der Waals surface area contributed by atoms with Crippen molar-refractivity contribution in [1.82, 2.24) is 14.4 Å². The molecule has 0 saturated carbocycles. The fraction of sp³-hybridized carbons (Fsp3) is 0.0952. The maximum Gasteiger partial charge on any atom is 0.323 e. The number of hydrogen-bond donors (Lipinski definition) is 2. The van der Waals surface area contributed by atoms with Gasteiger partial charge in [-0.15, -0.1) is 0 Å². The van der Waals surface area contributed by atoms with E-state index in [1.807, 2.05) is 79.2 Å². The van der Waals surface area contributed by atoms with Crippen LogP contribution in [0.2, 0.25) is 0 Å². The molecule has 0 saturated heterocycles. The number of carbonyl (C=O) groups excluding carboxylic acids is 1. The Balaban J connectivity index is 1.53. The molecule has 0 aliphatic carbocycles. The zero-order valence-corrected chi connectivity index (χ0v) is 15.1. The van der Waals surface area contributed by atoms with Gasteiger partial charge in [0.15, 0.2) is 0 Å². The number of amides is 2. The van der Waals surface area contributed by atoms with E-state index in [4.69, 9.17) is 0 Å². The molecule has 0 fully saturated rings. The van der Waals surface area contributed by atoms with Crippen LogP contribution in [0.1, 0.15) is 11.1 Å². The van der Waals surface area contributed by atoms with E-state index in [1.165, 1.54) is 0 Å². The average molecular weight is 357 g/mol. The maximum absolute atomic E-state index is 12.4. The molecule has 0 unspecified atom stereocenters. The summed E-state index contributed by atoms with van der Waals surface area (Å²) in [6.45, 7) is 4.00. The van der Waals surface area contributed by atoms with Crippen molar-refractivity contribution in [2.45, 2.75) is 13.8 Å². The number of aryl methyl sites for hydroxylation is 2. The first-order valence-electron chi connectivity index (χ1n) is 8.64. The van der Waals surface area contributed by atoms with Gasteiger partial charge in [-0.05, 0) is 43.7 Å². The maximum atomic E-state index is 12.4. The lowest BCUT2D eigenvalue weighted by Gasteiger charge is -2.11. The smallest absolute Gasteiger partial charge is 0.308 e. The number of carbonyl (C=O) groups is 1. The summed E-state index contributed by atoms with van der Waals surface area (Å²) >= 11 is 0. The van der Waals surface area contributed by atoms with Crippen molar-refractivity contribution < 1.29 is 4.79 Å². The summed E-state index contributed by atoms with van der Waals surface area (Å²) in [5.74, 6) is 0.637. The fourth-order valence-electron chi connectivity index (χ4n) is 2.96. The van der Waals surface area contributed by atoms with Gasteiger partial charge in [-0.3, -0.25) is 4.40 Å². The molecule has 2 aromatic carbocycles. The number of nitrogens with zero attached hydrogens (tertiary/aromatic N) is 3. The van der Waals surface area contributed by atoms with Crippen molar-refractivity contribution in [3.8, 4) is 11.3 Å². The highest BCUT2D eigenvalue weighted by Gasteiger charge is 2.08. The molecule has 2 amide bonds. The average Bonchev–Trinajstić information content (AvgIpc) is 3.08. The Kier molecular flexibility index (Phi) is 4.30. The molecule has 0 atom stereocenters. The Labute approximate surface area is 156 Å². The van der Waals surface area contributed by atoms with Crippen molar-refractivity contribution in [1.29, 1.82) is 0 Å². The largest absolute Gasteiger partial charge is 0.323 e. The van der Waals surface area contributed by atoms with E-state index < -0.39 is 0 Å². The van der Waals surface area contributed by atoms with Crippen molar-refractivity contribution in [3.63, 3.8) is 0 Å². The third-order valence-corrected chi connectivity index (χ3v) is 4.28. The lowest BCUT2D eigenvalue weighted by molar-refractivity contribution is 0.262. The van der Waals surface area contributed by atoms with E-state index in [0.717, 1.165) is 28.1 Å². The van der Waals surface area contributed by atoms with Gasteiger partial charge in [0.2, 0.25) is 5.78 Å². The Bertz CT molecular complexity index is 1100. The van der Waals surface area contributed by atoms with Crippen LogP contribution in [0.25, 0.3) is 17.0 Å². The molecule has 6 nitrogen and oxygen atoms in total. The number of aromatic nitrogens is 3. The number of benzene rings is 2. The van der Waals surface area contributed by atoms with Gasteiger partial charge in [0.25, 0.3) is 0 Å². The van der Waals surface area contributed by atoms with Crippen LogP contribution in [0.5, 0.6) is 0 Å². The molecule has 6 heteroatoms. The minimum atomic E-state index is -0.282. The minimum absolute atomic E-state index is 0.282. The third kappa shape index (κ3) is 3.64. The summed E-state index contributed by atoms with van der Waals surface area (Å²) in [4.78, 5) is 21.1. The number of fused-ring (bicyclic) bond motifs is 1. The van der Waals surface area contributed by atoms with Crippen molar-refractivity contribution in [2.24, 2.45) is 0 Å². The Morgan fingerprint density at radius 3 is 2.74 bits per heavy atom. The normalized spacial score (nSPS) is 10.7. The molecule has 0 spiro atoms. The van der Waals surface area contributed by atoms with Gasteiger partial charge < -0.3 is 10.6 Å². The van der Waals surface area contributed by atoms with Gasteiger partial charge >= 0.3 is 6.03 Å². The van der Waals surface area contributed by atoms with Gasteiger partial charge in [0.1, 0.15) is 0 Å². The first-order valence-corrected chi connectivity index (χ1v) is 8.64. The second-order valence-corrected chi connectivity index (χ2v) is 6.43. The lowest BCUT2D eigenvalue weighted by Crippen LogP contribution is -2.20. The number of urea groups is 1. The van der Waals surface area contributed by atoms with E-state index in [2.05, 4.69) is 20.6 Å². The van der Waals surface area contributed by atoms with Gasteiger partial charge in [0.05, 0.1) is 5.69 Å². The summed E-state index contributed by atoms with van der Waals surface area (Å²) in [5, 5.41) is 5.76. The summed E-state index contributed by atoms with van der Waals surface area (Å²) < 4.78 is 1.86. The molecule has 0 aliphatic rings. The lowest BCUT2D eigenvalue weighted by atomic mass is 10.1. The van der Waals surface area contributed by atoms with Crippen molar-refractivity contribution in [2.75, 3.05) is 10.6 Å². The molecule has 0 radical (unpaired) electrons.